The molecule has 0 amide bonds. The summed E-state index contributed by atoms with van der Waals surface area (Å²) in [6, 6.07) is 8.14. The molecule has 1 atom stereocenters. The molecular formula is C17H23ClN2O. The van der Waals surface area contributed by atoms with E-state index in [2.05, 4.69) is 38.0 Å². The molecule has 0 spiro atoms. The van der Waals surface area contributed by atoms with E-state index in [1.54, 1.807) is 4.68 Å². The number of halogens is 1. The van der Waals surface area contributed by atoms with Crippen LogP contribution in [-0.2, 0) is 18.9 Å². The van der Waals surface area contributed by atoms with Crippen LogP contribution in [0, 0.1) is 6.92 Å². The van der Waals surface area contributed by atoms with Crippen molar-refractivity contribution >= 4 is 11.6 Å². The molecule has 0 aliphatic heterocycles. The number of hydrogen-bond acceptors (Lipinski definition) is 2. The van der Waals surface area contributed by atoms with Gasteiger partial charge in [-0.3, -0.25) is 4.68 Å². The van der Waals surface area contributed by atoms with Crippen molar-refractivity contribution in [3.05, 3.63) is 51.8 Å². The van der Waals surface area contributed by atoms with E-state index in [4.69, 9.17) is 11.6 Å². The zero-order valence-corrected chi connectivity index (χ0v) is 14.1. The van der Waals surface area contributed by atoms with Gasteiger partial charge in [-0.2, -0.15) is 5.10 Å². The van der Waals surface area contributed by atoms with Crippen LogP contribution < -0.4 is 0 Å². The molecule has 2 rings (SSSR count). The van der Waals surface area contributed by atoms with Crippen molar-refractivity contribution in [3.8, 4) is 0 Å². The van der Waals surface area contributed by atoms with Gasteiger partial charge < -0.3 is 5.11 Å². The van der Waals surface area contributed by atoms with Crippen LogP contribution in [0.5, 0.6) is 0 Å². The summed E-state index contributed by atoms with van der Waals surface area (Å²) in [5.74, 6) is 0. The molecule has 1 aromatic carbocycles. The fourth-order valence-electron chi connectivity index (χ4n) is 2.42. The second-order valence-electron chi connectivity index (χ2n) is 6.57. The van der Waals surface area contributed by atoms with Gasteiger partial charge in [0.1, 0.15) is 5.15 Å². The molecule has 2 aromatic rings. The summed E-state index contributed by atoms with van der Waals surface area (Å²) in [7, 11) is 1.81. The van der Waals surface area contributed by atoms with Gasteiger partial charge in [-0.1, -0.05) is 56.6 Å². The summed E-state index contributed by atoms with van der Waals surface area (Å²) in [6.07, 6.45) is -0.0904. The lowest BCUT2D eigenvalue weighted by Gasteiger charge is -2.20. The smallest absolute Gasteiger partial charge is 0.130 e. The zero-order valence-electron chi connectivity index (χ0n) is 13.3. The third-order valence-electron chi connectivity index (χ3n) is 3.83. The third-order valence-corrected chi connectivity index (χ3v) is 4.30. The number of aliphatic hydroxyl groups is 1. The van der Waals surface area contributed by atoms with Gasteiger partial charge in [0.2, 0.25) is 0 Å². The van der Waals surface area contributed by atoms with Crippen LogP contribution in [0.4, 0.5) is 0 Å². The third kappa shape index (κ3) is 3.47. The van der Waals surface area contributed by atoms with E-state index in [9.17, 15) is 5.11 Å². The standard InChI is InChI=1S/C17H23ClN2O/c1-11-14(16(18)20(5)19-11)10-15(21)12-6-8-13(9-7-12)17(2,3)4/h6-9,15,21H,10H2,1-5H3. The van der Waals surface area contributed by atoms with Gasteiger partial charge in [0, 0.05) is 19.0 Å². The lowest BCUT2D eigenvalue weighted by Crippen LogP contribution is -2.11. The van der Waals surface area contributed by atoms with E-state index in [-0.39, 0.29) is 5.41 Å². The van der Waals surface area contributed by atoms with Crippen molar-refractivity contribution in [2.24, 2.45) is 7.05 Å². The molecule has 0 aliphatic rings. The Kier molecular flexibility index (Phi) is 4.45. The van der Waals surface area contributed by atoms with Crippen LogP contribution in [0.2, 0.25) is 5.15 Å². The average molecular weight is 307 g/mol. The maximum absolute atomic E-state index is 10.4. The summed E-state index contributed by atoms with van der Waals surface area (Å²) < 4.78 is 1.64. The summed E-state index contributed by atoms with van der Waals surface area (Å²) >= 11 is 6.22. The molecule has 1 aromatic heterocycles. The number of aliphatic hydroxyl groups excluding tert-OH is 1. The Labute approximate surface area is 131 Å². The molecule has 0 saturated heterocycles. The number of hydrogen-bond donors (Lipinski definition) is 1. The SMILES string of the molecule is Cc1nn(C)c(Cl)c1CC(O)c1ccc(C(C)(C)C)cc1. The molecule has 114 valence electrons. The first kappa shape index (κ1) is 16.1. The minimum atomic E-state index is -0.570. The van der Waals surface area contributed by atoms with Crippen LogP contribution in [0.1, 0.15) is 49.3 Å². The monoisotopic (exact) mass is 306 g/mol. The van der Waals surface area contributed by atoms with Crippen molar-refractivity contribution in [2.45, 2.75) is 45.6 Å². The molecule has 3 nitrogen and oxygen atoms in total. The first-order valence-corrected chi connectivity index (χ1v) is 7.54. The highest BCUT2D eigenvalue weighted by molar-refractivity contribution is 6.30. The Balaban J connectivity index is 2.19. The summed E-state index contributed by atoms with van der Waals surface area (Å²) in [6.45, 7) is 8.45. The zero-order chi connectivity index (χ0) is 15.8. The van der Waals surface area contributed by atoms with E-state index in [0.717, 1.165) is 16.8 Å². The van der Waals surface area contributed by atoms with Gasteiger partial charge in [0.05, 0.1) is 11.8 Å². The predicted molar refractivity (Wildman–Crippen MR) is 86.8 cm³/mol. The molecular weight excluding hydrogens is 284 g/mol. The Morgan fingerprint density at radius 2 is 1.81 bits per heavy atom. The first-order valence-electron chi connectivity index (χ1n) is 7.16. The lowest BCUT2D eigenvalue weighted by atomic mass is 9.86. The molecule has 21 heavy (non-hydrogen) atoms. The van der Waals surface area contributed by atoms with Gasteiger partial charge in [-0.25, -0.2) is 0 Å². The van der Waals surface area contributed by atoms with Crippen molar-refractivity contribution in [3.63, 3.8) is 0 Å². The van der Waals surface area contributed by atoms with Crippen molar-refractivity contribution < 1.29 is 5.11 Å². The van der Waals surface area contributed by atoms with Crippen LogP contribution in [0.3, 0.4) is 0 Å². The highest BCUT2D eigenvalue weighted by Gasteiger charge is 2.18. The topological polar surface area (TPSA) is 38.0 Å². The number of rotatable bonds is 3. The maximum atomic E-state index is 10.4. The van der Waals surface area contributed by atoms with E-state index in [1.165, 1.54) is 5.56 Å². The van der Waals surface area contributed by atoms with Crippen LogP contribution >= 0.6 is 11.6 Å². The van der Waals surface area contributed by atoms with Crippen LogP contribution in [0.15, 0.2) is 24.3 Å². The maximum Gasteiger partial charge on any atom is 0.130 e. The number of benzene rings is 1. The van der Waals surface area contributed by atoms with Gasteiger partial charge in [0.25, 0.3) is 0 Å². The highest BCUT2D eigenvalue weighted by Crippen LogP contribution is 2.28. The lowest BCUT2D eigenvalue weighted by molar-refractivity contribution is 0.178. The van der Waals surface area contributed by atoms with Gasteiger partial charge in [-0.15, -0.1) is 0 Å². The van der Waals surface area contributed by atoms with Gasteiger partial charge in [0.15, 0.2) is 0 Å². The summed E-state index contributed by atoms with van der Waals surface area (Å²) in [5.41, 5.74) is 4.06. The molecule has 4 heteroatoms. The summed E-state index contributed by atoms with van der Waals surface area (Å²) in [4.78, 5) is 0. The van der Waals surface area contributed by atoms with E-state index in [1.807, 2.05) is 26.1 Å². The van der Waals surface area contributed by atoms with Crippen molar-refractivity contribution in [2.75, 3.05) is 0 Å². The average Bonchev–Trinajstić information content (AvgIpc) is 2.64. The fourth-order valence-corrected chi connectivity index (χ4v) is 2.67. The first-order chi connectivity index (χ1) is 9.70. The Morgan fingerprint density at radius 1 is 1.24 bits per heavy atom. The van der Waals surface area contributed by atoms with Crippen molar-refractivity contribution in [1.29, 1.82) is 0 Å². The summed E-state index contributed by atoms with van der Waals surface area (Å²) in [5, 5.41) is 15.3. The minimum absolute atomic E-state index is 0.118. The second-order valence-corrected chi connectivity index (χ2v) is 6.93. The molecule has 1 N–H and O–H groups in total. The predicted octanol–water partition coefficient (Wildman–Crippen LogP) is 3.96. The number of nitrogens with zero attached hydrogens (tertiary/aromatic N) is 2. The van der Waals surface area contributed by atoms with Crippen LogP contribution in [-0.4, -0.2) is 14.9 Å². The molecule has 0 saturated carbocycles. The quantitative estimate of drug-likeness (QED) is 0.932. The molecule has 0 radical (unpaired) electrons. The molecule has 1 unspecified atom stereocenters. The normalized spacial score (nSPS) is 13.5. The molecule has 0 bridgehead atoms. The van der Waals surface area contributed by atoms with E-state index < -0.39 is 6.10 Å². The van der Waals surface area contributed by atoms with Gasteiger partial charge >= 0.3 is 0 Å². The molecule has 1 heterocycles. The number of aryl methyl sites for hydroxylation is 2. The Bertz CT molecular complexity index is 623. The highest BCUT2D eigenvalue weighted by atomic mass is 35.5. The van der Waals surface area contributed by atoms with Gasteiger partial charge in [-0.05, 0) is 23.5 Å². The molecule has 0 aliphatic carbocycles. The second kappa shape index (κ2) is 5.82. The largest absolute Gasteiger partial charge is 0.388 e. The van der Waals surface area contributed by atoms with E-state index >= 15 is 0 Å². The van der Waals surface area contributed by atoms with Crippen LogP contribution in [0.25, 0.3) is 0 Å². The number of aromatic nitrogens is 2. The molecule has 0 fully saturated rings. The Hall–Kier alpha value is -1.32. The van der Waals surface area contributed by atoms with E-state index in [0.29, 0.717) is 11.6 Å². The minimum Gasteiger partial charge on any atom is -0.388 e. The Morgan fingerprint density at radius 3 is 2.24 bits per heavy atom. The van der Waals surface area contributed by atoms with Crippen molar-refractivity contribution in [1.82, 2.24) is 9.78 Å². The fraction of sp³-hybridized carbons (Fsp3) is 0.471.